The summed E-state index contributed by atoms with van der Waals surface area (Å²) in [5, 5.41) is 0. The largest absolute Gasteiger partial charge is 1.00 e. The van der Waals surface area contributed by atoms with Crippen molar-refractivity contribution in [3.63, 3.8) is 0 Å². The van der Waals surface area contributed by atoms with Crippen LogP contribution < -0.4 is 0 Å². The molecule has 0 rings (SSSR count). The summed E-state index contributed by atoms with van der Waals surface area (Å²) in [6.07, 6.45) is 0. The van der Waals surface area contributed by atoms with Gasteiger partial charge in [0, 0.05) is 0 Å². The van der Waals surface area contributed by atoms with E-state index in [1.165, 1.54) is 0 Å². The first kappa shape index (κ1) is 39.2. The maximum Gasteiger partial charge on any atom is 1.00 e. The summed E-state index contributed by atoms with van der Waals surface area (Å²) in [4.78, 5) is 0. The number of hydrogen-bond acceptors (Lipinski definition) is 0. The Kier molecular flexibility index (Phi) is 5050. The topological polar surface area (TPSA) is 79.6 Å². The van der Waals surface area contributed by atoms with Gasteiger partial charge in [0.1, 0.15) is 0 Å². The molecular weight excluding hydrogens is 176 g/mol. The number of rotatable bonds is 0. The predicted octanol–water partition coefficient (Wildman–Crippen LogP) is -0.153. The third-order valence-corrected chi connectivity index (χ3v) is 0. The van der Waals surface area contributed by atoms with Gasteiger partial charge in [-0.3, -0.25) is 0 Å². The molecule has 0 fully saturated rings. The van der Waals surface area contributed by atoms with Crippen LogP contribution in [0, 0.1) is 26.6 Å². The van der Waals surface area contributed by atoms with Crippen LogP contribution in [0.25, 0.3) is 0 Å². The van der Waals surface area contributed by atoms with E-state index in [4.69, 9.17) is 18.6 Å². The Bertz CT molecular complexity index is 55.5. The summed E-state index contributed by atoms with van der Waals surface area (Å²) < 4.78 is 30.0. The van der Waals surface area contributed by atoms with Gasteiger partial charge in [-0.1, -0.05) is 0 Å². The van der Waals surface area contributed by atoms with E-state index in [2.05, 4.69) is 26.6 Å². The van der Waals surface area contributed by atoms with Crippen LogP contribution in [0.15, 0.2) is 0 Å². The quantitative estimate of drug-likeness (QED) is 0.279. The van der Waals surface area contributed by atoms with Crippen LogP contribution in [0.5, 0.6) is 0 Å². The molecule has 5 heteroatoms. The fourth-order valence-corrected chi connectivity index (χ4v) is 0. The molecule has 0 aliphatic rings. The Morgan fingerprint density at radius 3 is 0.444 bits per heavy atom. The molecule has 0 spiro atoms. The summed E-state index contributed by atoms with van der Waals surface area (Å²) in [7, 11) is 0. The first-order valence-corrected chi connectivity index (χ1v) is 0.816. The predicted molar refractivity (Wildman–Crippen MR) is 15.7 cm³/mol. The van der Waals surface area contributed by atoms with E-state index in [1.807, 2.05) is 0 Å². The van der Waals surface area contributed by atoms with Crippen LogP contribution in [-0.2, 0) is 35.7 Å². The maximum absolute atomic E-state index is 7.50. The Balaban J connectivity index is -0.00000000762. The van der Waals surface area contributed by atoms with Crippen molar-refractivity contribution in [1.82, 2.24) is 0 Å². The van der Waals surface area contributed by atoms with Gasteiger partial charge in [0.05, 0.1) is 0 Å². The van der Waals surface area contributed by atoms with Gasteiger partial charge in [0.2, 0.25) is 0 Å². The fraction of sp³-hybridized carbons (Fsp3) is 0. The van der Waals surface area contributed by atoms with Crippen molar-refractivity contribution in [3.05, 3.63) is 26.6 Å². The molecule has 0 aromatic carbocycles. The zero-order chi connectivity index (χ0) is 8.00. The minimum absolute atomic E-state index is 0. The van der Waals surface area contributed by atoms with Crippen LogP contribution in [0.3, 0.4) is 0 Å². The SMILES string of the molecule is [C-]#[O+].[C-]#[O+].[C-]#[O+].[C-]#[O+].[Cu+]. The second kappa shape index (κ2) is 1160. The molecule has 0 saturated heterocycles. The molecule has 0 saturated carbocycles. The van der Waals surface area contributed by atoms with Crippen molar-refractivity contribution in [3.8, 4) is 0 Å². The zero-order valence-electron chi connectivity index (χ0n) is 3.93. The monoisotopic (exact) mass is 175 g/mol. The van der Waals surface area contributed by atoms with Crippen molar-refractivity contribution in [1.29, 1.82) is 0 Å². The van der Waals surface area contributed by atoms with Crippen molar-refractivity contribution < 1.29 is 35.7 Å². The van der Waals surface area contributed by atoms with Gasteiger partial charge >= 0.3 is 62.3 Å². The van der Waals surface area contributed by atoms with E-state index in [9.17, 15) is 0 Å². The van der Waals surface area contributed by atoms with Gasteiger partial charge in [0.25, 0.3) is 0 Å². The second-order valence-corrected chi connectivity index (χ2v) is 0. The average molecular weight is 176 g/mol. The van der Waals surface area contributed by atoms with Gasteiger partial charge in [0.15, 0.2) is 0 Å². The van der Waals surface area contributed by atoms with Crippen LogP contribution >= 0.6 is 0 Å². The summed E-state index contributed by atoms with van der Waals surface area (Å²) >= 11 is 0. The Hall–Kier alpha value is -0.521. The average Bonchev–Trinajstić information content (AvgIpc) is 2.03. The minimum atomic E-state index is 0. The van der Waals surface area contributed by atoms with E-state index >= 15 is 0 Å². The minimum Gasteiger partial charge on any atom is 1.00 e. The molecule has 4 nitrogen and oxygen atoms in total. The van der Waals surface area contributed by atoms with Gasteiger partial charge in [-0.05, 0) is 0 Å². The van der Waals surface area contributed by atoms with Crippen molar-refractivity contribution in [2.45, 2.75) is 0 Å². The van der Waals surface area contributed by atoms with Crippen LogP contribution in [0.4, 0.5) is 0 Å². The van der Waals surface area contributed by atoms with Gasteiger partial charge in [-0.15, -0.1) is 0 Å². The second-order valence-electron chi connectivity index (χ2n) is 0. The standard InChI is InChI=1S/4CO.Cu/c4*1-2;/q;;;;+1. The number of hydrogen-bond donors (Lipinski definition) is 0. The molecular formula is C4CuO4+. The molecule has 0 aromatic rings. The Morgan fingerprint density at radius 2 is 0.444 bits per heavy atom. The molecule has 0 amide bonds. The Labute approximate surface area is 63.0 Å². The van der Waals surface area contributed by atoms with E-state index in [-0.39, 0.29) is 17.1 Å². The molecule has 0 aliphatic carbocycles. The zero-order valence-corrected chi connectivity index (χ0v) is 4.88. The van der Waals surface area contributed by atoms with E-state index < -0.39 is 0 Å². The molecule has 0 N–H and O–H groups in total. The van der Waals surface area contributed by atoms with Crippen LogP contribution in [0.1, 0.15) is 0 Å². The first-order chi connectivity index (χ1) is 4.00. The summed E-state index contributed by atoms with van der Waals surface area (Å²) in [6, 6.07) is 0. The molecule has 50 valence electrons. The molecule has 0 bridgehead atoms. The first-order valence-electron chi connectivity index (χ1n) is 0.816. The Morgan fingerprint density at radius 1 is 0.444 bits per heavy atom. The van der Waals surface area contributed by atoms with Gasteiger partial charge in [-0.2, -0.15) is 0 Å². The fourth-order valence-electron chi connectivity index (χ4n) is 0. The molecule has 0 heterocycles. The molecule has 0 unspecified atom stereocenters. The third-order valence-electron chi connectivity index (χ3n) is 0. The summed E-state index contributed by atoms with van der Waals surface area (Å²) in [5.41, 5.74) is 0. The van der Waals surface area contributed by atoms with Crippen LogP contribution in [0.2, 0.25) is 0 Å². The van der Waals surface area contributed by atoms with Gasteiger partial charge < -0.3 is 0 Å². The third kappa shape index (κ3) is 829. The molecule has 0 atom stereocenters. The maximum atomic E-state index is 7.50. The van der Waals surface area contributed by atoms with Crippen molar-refractivity contribution in [2.75, 3.05) is 0 Å². The normalized spacial score (nSPS) is 0.889. The van der Waals surface area contributed by atoms with E-state index in [1.54, 1.807) is 0 Å². The van der Waals surface area contributed by atoms with Crippen molar-refractivity contribution in [2.24, 2.45) is 0 Å². The van der Waals surface area contributed by atoms with E-state index in [0.29, 0.717) is 0 Å². The van der Waals surface area contributed by atoms with Gasteiger partial charge in [-0.25, -0.2) is 0 Å². The summed E-state index contributed by atoms with van der Waals surface area (Å²) in [5.74, 6) is 0. The molecule has 0 aromatic heterocycles. The van der Waals surface area contributed by atoms with Crippen LogP contribution in [-0.4, -0.2) is 0 Å². The molecule has 0 aliphatic heterocycles. The smallest absolute Gasteiger partial charge is 1.00 e. The molecule has 0 radical (unpaired) electrons. The van der Waals surface area contributed by atoms with E-state index in [0.717, 1.165) is 0 Å². The molecule has 9 heavy (non-hydrogen) atoms. The summed E-state index contributed by atoms with van der Waals surface area (Å²) in [6.45, 7) is 18.0. The van der Waals surface area contributed by atoms with Crippen molar-refractivity contribution >= 4 is 0 Å².